The molecule has 3 rings (SSSR count). The molecule has 2 aromatic rings. The number of ether oxygens (including phenoxy) is 2. The van der Waals surface area contributed by atoms with Gasteiger partial charge in [-0.2, -0.15) is 0 Å². The molecule has 0 radical (unpaired) electrons. The van der Waals surface area contributed by atoms with Crippen molar-refractivity contribution in [3.8, 4) is 11.6 Å². The SMILES string of the molecule is COc1ccc(CCC(=O)N2CC(Oc3ncccc3Br)C2)cc1. The van der Waals surface area contributed by atoms with E-state index < -0.39 is 0 Å². The molecule has 126 valence electrons. The Morgan fingerprint density at radius 3 is 2.71 bits per heavy atom. The number of aromatic nitrogens is 1. The highest BCUT2D eigenvalue weighted by atomic mass is 79.9. The highest BCUT2D eigenvalue weighted by Gasteiger charge is 2.32. The largest absolute Gasteiger partial charge is 0.497 e. The molecule has 1 amide bonds. The quantitative estimate of drug-likeness (QED) is 0.760. The van der Waals surface area contributed by atoms with Crippen LogP contribution in [0.25, 0.3) is 0 Å². The van der Waals surface area contributed by atoms with Gasteiger partial charge in [0.15, 0.2) is 0 Å². The van der Waals surface area contributed by atoms with Crippen molar-refractivity contribution in [1.82, 2.24) is 9.88 Å². The summed E-state index contributed by atoms with van der Waals surface area (Å²) in [5.41, 5.74) is 1.13. The zero-order chi connectivity index (χ0) is 16.9. The van der Waals surface area contributed by atoms with Gasteiger partial charge in [0, 0.05) is 12.6 Å². The van der Waals surface area contributed by atoms with E-state index in [1.807, 2.05) is 41.3 Å². The molecule has 0 saturated carbocycles. The number of carbonyl (C=O) groups is 1. The highest BCUT2D eigenvalue weighted by molar-refractivity contribution is 9.10. The Kier molecular flexibility index (Phi) is 5.35. The molecule has 0 N–H and O–H groups in total. The van der Waals surface area contributed by atoms with E-state index in [2.05, 4.69) is 20.9 Å². The monoisotopic (exact) mass is 390 g/mol. The summed E-state index contributed by atoms with van der Waals surface area (Å²) in [4.78, 5) is 18.2. The van der Waals surface area contributed by atoms with Crippen molar-refractivity contribution >= 4 is 21.8 Å². The van der Waals surface area contributed by atoms with Crippen LogP contribution in [0.2, 0.25) is 0 Å². The number of halogens is 1. The fourth-order valence-electron chi connectivity index (χ4n) is 2.53. The van der Waals surface area contributed by atoms with E-state index in [9.17, 15) is 4.79 Å². The minimum absolute atomic E-state index is 0.0149. The van der Waals surface area contributed by atoms with E-state index in [0.29, 0.717) is 25.4 Å². The van der Waals surface area contributed by atoms with Gasteiger partial charge in [0.1, 0.15) is 11.9 Å². The molecule has 0 bridgehead atoms. The molecule has 0 unspecified atom stereocenters. The van der Waals surface area contributed by atoms with Crippen LogP contribution in [0.4, 0.5) is 0 Å². The van der Waals surface area contributed by atoms with Crippen LogP contribution in [0.3, 0.4) is 0 Å². The first-order valence-corrected chi connectivity index (χ1v) is 8.63. The van der Waals surface area contributed by atoms with Crippen LogP contribution in [0.1, 0.15) is 12.0 Å². The minimum Gasteiger partial charge on any atom is -0.497 e. The predicted molar refractivity (Wildman–Crippen MR) is 94.2 cm³/mol. The lowest BCUT2D eigenvalue weighted by atomic mass is 10.1. The fourth-order valence-corrected chi connectivity index (χ4v) is 2.88. The maximum atomic E-state index is 12.2. The first-order chi connectivity index (χ1) is 11.7. The Hall–Kier alpha value is -2.08. The normalized spacial score (nSPS) is 14.2. The van der Waals surface area contributed by atoms with Gasteiger partial charge in [-0.05, 0) is 52.2 Å². The average Bonchev–Trinajstić information content (AvgIpc) is 2.57. The third-order valence-corrected chi connectivity index (χ3v) is 4.59. The fraction of sp³-hybridized carbons (Fsp3) is 0.333. The second-order valence-corrected chi connectivity index (χ2v) is 6.53. The number of hydrogen-bond donors (Lipinski definition) is 0. The number of benzene rings is 1. The van der Waals surface area contributed by atoms with E-state index in [-0.39, 0.29) is 12.0 Å². The summed E-state index contributed by atoms with van der Waals surface area (Å²) in [7, 11) is 1.64. The van der Waals surface area contributed by atoms with Crippen molar-refractivity contribution in [3.05, 3.63) is 52.6 Å². The molecule has 1 aliphatic heterocycles. The lowest BCUT2D eigenvalue weighted by molar-refractivity contribution is -0.140. The Morgan fingerprint density at radius 2 is 2.04 bits per heavy atom. The molecule has 24 heavy (non-hydrogen) atoms. The molecule has 0 atom stereocenters. The maximum Gasteiger partial charge on any atom is 0.228 e. The van der Waals surface area contributed by atoms with Crippen LogP contribution in [0.5, 0.6) is 11.6 Å². The Morgan fingerprint density at radius 1 is 1.29 bits per heavy atom. The first kappa shape index (κ1) is 16.8. The average molecular weight is 391 g/mol. The van der Waals surface area contributed by atoms with E-state index >= 15 is 0 Å². The smallest absolute Gasteiger partial charge is 0.228 e. The zero-order valence-corrected chi connectivity index (χ0v) is 15.0. The highest BCUT2D eigenvalue weighted by Crippen LogP contribution is 2.24. The van der Waals surface area contributed by atoms with E-state index in [1.165, 1.54) is 0 Å². The first-order valence-electron chi connectivity index (χ1n) is 7.83. The second kappa shape index (κ2) is 7.66. The topological polar surface area (TPSA) is 51.7 Å². The van der Waals surface area contributed by atoms with Crippen LogP contribution >= 0.6 is 15.9 Å². The van der Waals surface area contributed by atoms with Gasteiger partial charge in [0.2, 0.25) is 11.8 Å². The van der Waals surface area contributed by atoms with Crippen molar-refractivity contribution in [1.29, 1.82) is 0 Å². The zero-order valence-electron chi connectivity index (χ0n) is 13.4. The van der Waals surface area contributed by atoms with Gasteiger partial charge in [0.25, 0.3) is 0 Å². The van der Waals surface area contributed by atoms with Crippen molar-refractivity contribution in [2.75, 3.05) is 20.2 Å². The summed E-state index contributed by atoms with van der Waals surface area (Å²) >= 11 is 3.41. The lowest BCUT2D eigenvalue weighted by Gasteiger charge is -2.38. The second-order valence-electron chi connectivity index (χ2n) is 5.68. The van der Waals surface area contributed by atoms with Gasteiger partial charge < -0.3 is 14.4 Å². The molecule has 1 fully saturated rings. The van der Waals surface area contributed by atoms with Crippen LogP contribution < -0.4 is 9.47 Å². The van der Waals surface area contributed by atoms with Gasteiger partial charge in [0.05, 0.1) is 24.7 Å². The van der Waals surface area contributed by atoms with Crippen molar-refractivity contribution in [2.45, 2.75) is 18.9 Å². The Balaban J connectivity index is 1.42. The summed E-state index contributed by atoms with van der Waals surface area (Å²) in [5, 5.41) is 0. The number of hydrogen-bond acceptors (Lipinski definition) is 4. The summed E-state index contributed by atoms with van der Waals surface area (Å²) in [5.74, 6) is 1.56. The third kappa shape index (κ3) is 4.06. The van der Waals surface area contributed by atoms with Gasteiger partial charge in [-0.3, -0.25) is 4.79 Å². The number of likely N-dealkylation sites (tertiary alicyclic amines) is 1. The number of methoxy groups -OCH3 is 1. The standard InChI is InChI=1S/C18H19BrN2O3/c1-23-14-7-4-13(5-8-14)6-9-17(22)21-11-15(12-21)24-18-16(19)3-2-10-20-18/h2-5,7-8,10,15H,6,9,11-12H2,1H3. The number of rotatable bonds is 6. The van der Waals surface area contributed by atoms with Gasteiger partial charge in [-0.25, -0.2) is 4.98 Å². The molecule has 1 aromatic heterocycles. The lowest BCUT2D eigenvalue weighted by Crippen LogP contribution is -2.56. The van der Waals surface area contributed by atoms with E-state index in [0.717, 1.165) is 22.2 Å². The molecular weight excluding hydrogens is 372 g/mol. The summed E-state index contributed by atoms with van der Waals surface area (Å²) in [6.07, 6.45) is 2.95. The molecule has 6 heteroatoms. The summed E-state index contributed by atoms with van der Waals surface area (Å²) in [6, 6.07) is 11.5. The molecule has 1 saturated heterocycles. The molecule has 1 aromatic carbocycles. The van der Waals surface area contributed by atoms with Crippen LogP contribution in [-0.2, 0) is 11.2 Å². The molecule has 0 spiro atoms. The van der Waals surface area contributed by atoms with Crippen LogP contribution in [-0.4, -0.2) is 42.1 Å². The van der Waals surface area contributed by atoms with E-state index in [4.69, 9.17) is 9.47 Å². The Bertz CT molecular complexity index is 700. The van der Waals surface area contributed by atoms with E-state index in [1.54, 1.807) is 13.3 Å². The van der Waals surface area contributed by atoms with Crippen LogP contribution in [0.15, 0.2) is 47.1 Å². The van der Waals surface area contributed by atoms with Gasteiger partial charge in [-0.15, -0.1) is 0 Å². The van der Waals surface area contributed by atoms with Crippen LogP contribution in [0, 0.1) is 0 Å². The Labute approximate surface area is 149 Å². The summed E-state index contributed by atoms with van der Waals surface area (Å²) < 4.78 is 11.7. The number of nitrogens with zero attached hydrogens (tertiary/aromatic N) is 2. The predicted octanol–water partition coefficient (Wildman–Crippen LogP) is 3.08. The molecule has 2 heterocycles. The van der Waals surface area contributed by atoms with Gasteiger partial charge in [-0.1, -0.05) is 12.1 Å². The molecule has 0 aliphatic carbocycles. The van der Waals surface area contributed by atoms with Gasteiger partial charge >= 0.3 is 0 Å². The number of pyridine rings is 1. The minimum atomic E-state index is 0.0149. The number of amides is 1. The molecular formula is C18H19BrN2O3. The maximum absolute atomic E-state index is 12.2. The number of carbonyl (C=O) groups excluding carboxylic acids is 1. The summed E-state index contributed by atoms with van der Waals surface area (Å²) in [6.45, 7) is 1.23. The van der Waals surface area contributed by atoms with Crippen molar-refractivity contribution < 1.29 is 14.3 Å². The third-order valence-electron chi connectivity index (χ3n) is 3.99. The van der Waals surface area contributed by atoms with Crippen molar-refractivity contribution in [2.24, 2.45) is 0 Å². The molecule has 5 nitrogen and oxygen atoms in total. The molecule has 1 aliphatic rings. The number of aryl methyl sites for hydroxylation is 1. The van der Waals surface area contributed by atoms with Crippen molar-refractivity contribution in [3.63, 3.8) is 0 Å².